The molecule has 9 N–H and O–H groups in total. The van der Waals surface area contributed by atoms with Crippen molar-refractivity contribution in [1.82, 2.24) is 14.9 Å². The fourth-order valence-electron chi connectivity index (χ4n) is 4.30. The Hall–Kier alpha value is -0.590. The quantitative estimate of drug-likeness (QED) is 0.0808. The molecule has 0 bridgehead atoms. The summed E-state index contributed by atoms with van der Waals surface area (Å²) in [5.41, 5.74) is 4.43. The van der Waals surface area contributed by atoms with Crippen molar-refractivity contribution in [2.45, 2.75) is 74.1 Å². The number of carboxylic acid groups (broad SMARTS) is 1. The van der Waals surface area contributed by atoms with Crippen LogP contribution in [0.4, 0.5) is 5.82 Å². The first kappa shape index (κ1) is 40.4. The zero-order valence-corrected chi connectivity index (χ0v) is 28.1. The molecular formula is C20H29N4Na2O16P. The van der Waals surface area contributed by atoms with E-state index in [-0.39, 0.29) is 64.9 Å². The number of anilines is 1. The Bertz CT molecular complexity index is 1230. The van der Waals surface area contributed by atoms with Gasteiger partial charge in [0.05, 0.1) is 25.4 Å². The summed E-state index contributed by atoms with van der Waals surface area (Å²) in [5, 5.41) is 74.7. The van der Waals surface area contributed by atoms with Gasteiger partial charge in [-0.15, -0.1) is 0 Å². The van der Waals surface area contributed by atoms with Crippen LogP contribution in [0.2, 0.25) is 0 Å². The minimum atomic E-state index is -5.81. The monoisotopic (exact) mass is 658 g/mol. The number of carboxylic acids is 1. The van der Waals surface area contributed by atoms with E-state index in [1.54, 1.807) is 0 Å². The average molecular weight is 658 g/mol. The van der Waals surface area contributed by atoms with E-state index in [4.69, 9.17) is 20.3 Å². The molecule has 11 atom stereocenters. The number of rotatable bonds is 11. The van der Waals surface area contributed by atoms with Crippen LogP contribution in [0, 0.1) is 0 Å². The van der Waals surface area contributed by atoms with Gasteiger partial charge < -0.3 is 70.5 Å². The molecule has 1 aromatic heterocycles. The number of amides is 1. The summed E-state index contributed by atoms with van der Waals surface area (Å²) in [4.78, 5) is 51.8. The summed E-state index contributed by atoms with van der Waals surface area (Å²) in [5.74, 6) is -6.70. The third-order valence-corrected chi connectivity index (χ3v) is 7.27. The number of nitrogens with zero attached hydrogens (tertiary/aromatic N) is 2. The smallest absolute Gasteiger partial charge is 0.756 e. The Morgan fingerprint density at radius 2 is 1.93 bits per heavy atom. The molecule has 23 heteroatoms. The van der Waals surface area contributed by atoms with Gasteiger partial charge in [-0.2, -0.15) is 4.98 Å². The van der Waals surface area contributed by atoms with Gasteiger partial charge in [-0.3, -0.25) is 18.5 Å². The van der Waals surface area contributed by atoms with Crippen molar-refractivity contribution in [3.63, 3.8) is 0 Å². The van der Waals surface area contributed by atoms with Crippen molar-refractivity contribution in [2.24, 2.45) is 0 Å². The van der Waals surface area contributed by atoms with Gasteiger partial charge in [0.1, 0.15) is 48.4 Å². The van der Waals surface area contributed by atoms with E-state index in [1.165, 1.54) is 6.07 Å². The van der Waals surface area contributed by atoms with E-state index in [1.807, 2.05) is 0 Å². The maximum atomic E-state index is 12.7. The molecule has 2 aliphatic heterocycles. The normalized spacial score (nSPS) is 33.3. The van der Waals surface area contributed by atoms with E-state index in [2.05, 4.69) is 19.3 Å². The zero-order chi connectivity index (χ0) is 30.9. The number of ether oxygens (including phenoxy) is 2. The van der Waals surface area contributed by atoms with Crippen molar-refractivity contribution < 1.29 is 132 Å². The largest absolute Gasteiger partial charge is 1.00 e. The number of nitrogen functional groups attached to an aromatic ring is 1. The van der Waals surface area contributed by atoms with Gasteiger partial charge >= 0.3 is 64.8 Å². The van der Waals surface area contributed by atoms with E-state index >= 15 is 0 Å². The van der Waals surface area contributed by atoms with Gasteiger partial charge in [0.25, 0.3) is 7.82 Å². The molecule has 3 rings (SSSR count). The molecule has 2 fully saturated rings. The number of phosphoric acid groups is 1. The molecule has 0 radical (unpaired) electrons. The van der Waals surface area contributed by atoms with Crippen LogP contribution in [0.3, 0.4) is 0 Å². The fourth-order valence-corrected chi connectivity index (χ4v) is 5.24. The molecule has 3 heterocycles. The zero-order valence-electron chi connectivity index (χ0n) is 23.2. The topological polar surface area (TPSA) is 329 Å². The Balaban J connectivity index is 0.00000462. The van der Waals surface area contributed by atoms with Crippen LogP contribution in [0.5, 0.6) is 0 Å². The minimum absolute atomic E-state index is 0. The van der Waals surface area contributed by atoms with Crippen LogP contribution in [0.25, 0.3) is 0 Å². The Morgan fingerprint density at radius 1 is 1.30 bits per heavy atom. The number of nitrogens with one attached hydrogen (secondary N) is 1. The van der Waals surface area contributed by atoms with Gasteiger partial charge in [-0.25, -0.2) is 4.79 Å². The molecular weight excluding hydrogens is 629 g/mol. The van der Waals surface area contributed by atoms with Gasteiger partial charge in [0.15, 0.2) is 6.23 Å². The summed E-state index contributed by atoms with van der Waals surface area (Å²) in [6.45, 7) is -1.18. The fraction of sp³-hybridized carbons (Fsp3) is 0.700. The molecule has 2 saturated heterocycles. The Morgan fingerprint density at radius 3 is 2.47 bits per heavy atom. The van der Waals surface area contributed by atoms with Crippen LogP contribution < -0.4 is 85.9 Å². The molecule has 0 spiro atoms. The first-order valence-electron chi connectivity index (χ1n) is 11.9. The van der Waals surface area contributed by atoms with Crippen LogP contribution >= 0.6 is 7.82 Å². The minimum Gasteiger partial charge on any atom is -0.756 e. The molecule has 2 aliphatic rings. The second-order valence-electron chi connectivity index (χ2n) is 9.28. The maximum Gasteiger partial charge on any atom is 1.00 e. The SMILES string of the molecule is CC(=O)N[C@H]1[C@H]([C@H](O)[C@H](O)CO)O[C@](OP(=O)([O-])OC[C@H]2O[C@@H](n3ccc(N)nc3=O)[C@H](O)[C@@H]2O)(C(=O)[O-])C[C@@H]1O.[Na+].[Na+]. The summed E-state index contributed by atoms with van der Waals surface area (Å²) >= 11 is 0. The predicted molar refractivity (Wildman–Crippen MR) is 123 cm³/mol. The van der Waals surface area contributed by atoms with E-state index in [9.17, 15) is 54.5 Å². The molecule has 1 aromatic rings. The van der Waals surface area contributed by atoms with Crippen molar-refractivity contribution in [3.05, 3.63) is 22.7 Å². The molecule has 0 aromatic carbocycles. The first-order chi connectivity index (χ1) is 19.0. The molecule has 1 amide bonds. The number of aliphatic hydroxyl groups is 6. The molecule has 1 unspecified atom stereocenters. The van der Waals surface area contributed by atoms with Gasteiger partial charge in [0.2, 0.25) is 11.7 Å². The molecule has 0 saturated carbocycles. The Kier molecular flexibility index (Phi) is 15.3. The number of nitrogens with two attached hydrogens (primary N) is 1. The number of hydrogen-bond acceptors (Lipinski definition) is 18. The van der Waals surface area contributed by atoms with Gasteiger partial charge in [-0.1, -0.05) is 0 Å². The second-order valence-corrected chi connectivity index (χ2v) is 10.6. The predicted octanol–water partition coefficient (Wildman–Crippen LogP) is -13.2. The van der Waals surface area contributed by atoms with E-state index in [0.29, 0.717) is 0 Å². The third-order valence-electron chi connectivity index (χ3n) is 6.29. The van der Waals surface area contributed by atoms with Crippen LogP contribution in [-0.4, -0.2) is 120 Å². The molecule has 0 aliphatic carbocycles. The van der Waals surface area contributed by atoms with Crippen LogP contribution in [0.1, 0.15) is 19.6 Å². The van der Waals surface area contributed by atoms with E-state index < -0.39 is 106 Å². The first-order valence-corrected chi connectivity index (χ1v) is 13.3. The van der Waals surface area contributed by atoms with Gasteiger partial charge in [-0.05, 0) is 6.07 Å². The maximum absolute atomic E-state index is 12.7. The summed E-state index contributed by atoms with van der Waals surface area (Å²) < 4.78 is 33.1. The van der Waals surface area contributed by atoms with Crippen LogP contribution in [0.15, 0.2) is 17.1 Å². The third kappa shape index (κ3) is 9.47. The number of phosphoric ester groups is 1. The van der Waals surface area contributed by atoms with Crippen molar-refractivity contribution in [3.8, 4) is 0 Å². The summed E-state index contributed by atoms with van der Waals surface area (Å²) in [7, 11) is -5.81. The number of aromatic nitrogens is 2. The second kappa shape index (κ2) is 16.3. The number of hydrogen-bond donors (Lipinski definition) is 8. The molecule has 232 valence electrons. The molecule has 43 heavy (non-hydrogen) atoms. The Labute approximate surface area is 286 Å². The number of carbonyl (C=O) groups excluding carboxylic acids is 2. The van der Waals surface area contributed by atoms with Crippen molar-refractivity contribution >= 4 is 25.5 Å². The molecule has 20 nitrogen and oxygen atoms in total. The van der Waals surface area contributed by atoms with E-state index in [0.717, 1.165) is 17.7 Å². The van der Waals surface area contributed by atoms with Crippen molar-refractivity contribution in [2.75, 3.05) is 18.9 Å². The number of carbonyl (C=O) groups is 2. The standard InChI is InChI=1S/C20H31N4O16P.2Na/c1-7(26)22-12-8(27)4-20(18(32)33,39-16(12)13(29)9(28)5-25)40-41(35,36)37-6-10-14(30)15(31)17(38-10)24-3-2-11(21)23-19(24)34;;/h2-3,8-10,12-17,25,27-31H,4-6H2,1H3,(H,22,26)(H,32,33)(H,35,36)(H2,21,23,34);;/q;2*+1/p-2/t8-,9+,10+,12+,13+,14+,15+,16+,17+,20+;;/m0../s1. The van der Waals surface area contributed by atoms with Gasteiger partial charge in [0, 0.05) is 19.5 Å². The summed E-state index contributed by atoms with van der Waals surface area (Å²) in [6, 6.07) is -0.426. The summed E-state index contributed by atoms with van der Waals surface area (Å²) in [6.07, 6.45) is -15.1. The van der Waals surface area contributed by atoms with Crippen LogP contribution in [-0.2, 0) is 32.7 Å². The average Bonchev–Trinajstić information content (AvgIpc) is 3.16. The van der Waals surface area contributed by atoms with Crippen molar-refractivity contribution in [1.29, 1.82) is 0 Å². The number of aliphatic carboxylic acids is 1. The number of aliphatic hydroxyl groups excluding tert-OH is 6.